The molecule has 3 amide bonds. The van der Waals surface area contributed by atoms with Gasteiger partial charge in [-0.1, -0.05) is 25.1 Å². The number of hydrogen-bond donors (Lipinski definition) is 2. The van der Waals surface area contributed by atoms with Gasteiger partial charge in [-0.15, -0.1) is 11.3 Å². The average Bonchev–Trinajstić information content (AvgIpc) is 3.09. The van der Waals surface area contributed by atoms with Gasteiger partial charge in [0.25, 0.3) is 0 Å². The van der Waals surface area contributed by atoms with Crippen LogP contribution in [0.25, 0.3) is 0 Å². The molecular formula is C19H20N2O3S. The highest BCUT2D eigenvalue weighted by Crippen LogP contribution is 2.36. The molecule has 1 aliphatic heterocycles. The molecule has 0 bridgehead atoms. The highest BCUT2D eigenvalue weighted by atomic mass is 32.1. The lowest BCUT2D eigenvalue weighted by Crippen LogP contribution is -2.51. The fraction of sp³-hybridized carbons (Fsp3) is 0.316. The van der Waals surface area contributed by atoms with E-state index in [1.165, 1.54) is 0 Å². The zero-order chi connectivity index (χ0) is 17.9. The predicted octanol–water partition coefficient (Wildman–Crippen LogP) is 3.01. The molecule has 1 aromatic heterocycles. The molecule has 2 N–H and O–H groups in total. The van der Waals surface area contributed by atoms with Crippen molar-refractivity contribution in [2.24, 2.45) is 0 Å². The largest absolute Gasteiger partial charge is 0.326 e. The number of anilines is 1. The third-order valence-corrected chi connectivity index (χ3v) is 5.58. The third kappa shape index (κ3) is 3.64. The van der Waals surface area contributed by atoms with Gasteiger partial charge >= 0.3 is 0 Å². The Labute approximate surface area is 150 Å². The van der Waals surface area contributed by atoms with Crippen molar-refractivity contribution in [3.63, 3.8) is 0 Å². The Morgan fingerprint density at radius 1 is 1.24 bits per heavy atom. The van der Waals surface area contributed by atoms with E-state index in [1.54, 1.807) is 11.3 Å². The predicted molar refractivity (Wildman–Crippen MR) is 97.4 cm³/mol. The molecule has 2 heterocycles. The molecule has 5 nitrogen and oxygen atoms in total. The summed E-state index contributed by atoms with van der Waals surface area (Å²) in [5, 5.41) is 7.26. The highest BCUT2D eigenvalue weighted by Gasteiger charge is 2.42. The van der Waals surface area contributed by atoms with Crippen LogP contribution in [0.4, 0.5) is 5.69 Å². The normalized spacial score (nSPS) is 20.2. The molecule has 1 aromatic carbocycles. The fourth-order valence-electron chi connectivity index (χ4n) is 3.22. The summed E-state index contributed by atoms with van der Waals surface area (Å²) in [6.07, 6.45) is 1.83. The maximum atomic E-state index is 12.4. The summed E-state index contributed by atoms with van der Waals surface area (Å²) in [5.74, 6) is -0.520. The van der Waals surface area contributed by atoms with Crippen LogP contribution in [0.2, 0.25) is 0 Å². The Bertz CT molecular complexity index is 784. The maximum absolute atomic E-state index is 12.4. The van der Waals surface area contributed by atoms with E-state index in [0.29, 0.717) is 31.4 Å². The lowest BCUT2D eigenvalue weighted by Gasteiger charge is -2.35. The highest BCUT2D eigenvalue weighted by molar-refractivity contribution is 7.10. The molecule has 1 atom stereocenters. The Morgan fingerprint density at radius 3 is 2.60 bits per heavy atom. The summed E-state index contributed by atoms with van der Waals surface area (Å²) in [6.45, 7) is 1.95. The van der Waals surface area contributed by atoms with E-state index in [2.05, 4.69) is 10.6 Å². The van der Waals surface area contributed by atoms with Crippen LogP contribution >= 0.6 is 11.3 Å². The van der Waals surface area contributed by atoms with E-state index < -0.39 is 5.41 Å². The van der Waals surface area contributed by atoms with Gasteiger partial charge < -0.3 is 5.32 Å². The SMILES string of the molecule is CCC1(c2ccc(NC(=O)Cc3cccs3)cc2)CCC(=O)NC1=O. The minimum Gasteiger partial charge on any atom is -0.326 e. The number of carbonyl (C=O) groups excluding carboxylic acids is 3. The van der Waals surface area contributed by atoms with E-state index >= 15 is 0 Å². The number of thiophene rings is 1. The van der Waals surface area contributed by atoms with Crippen molar-refractivity contribution in [2.45, 2.75) is 38.0 Å². The minimum atomic E-state index is -0.673. The van der Waals surface area contributed by atoms with E-state index in [0.717, 1.165) is 10.4 Å². The van der Waals surface area contributed by atoms with Crippen molar-refractivity contribution in [3.8, 4) is 0 Å². The van der Waals surface area contributed by atoms with Crippen molar-refractivity contribution in [2.75, 3.05) is 5.32 Å². The topological polar surface area (TPSA) is 75.3 Å². The summed E-state index contributed by atoms with van der Waals surface area (Å²) in [5.41, 5.74) is 0.896. The van der Waals surface area contributed by atoms with E-state index in [4.69, 9.17) is 0 Å². The van der Waals surface area contributed by atoms with Crippen LogP contribution in [-0.2, 0) is 26.2 Å². The quantitative estimate of drug-likeness (QED) is 0.809. The average molecular weight is 356 g/mol. The van der Waals surface area contributed by atoms with Gasteiger partial charge in [0.1, 0.15) is 0 Å². The van der Waals surface area contributed by atoms with Crippen LogP contribution in [0.1, 0.15) is 36.6 Å². The summed E-state index contributed by atoms with van der Waals surface area (Å²) < 4.78 is 0. The van der Waals surface area contributed by atoms with Gasteiger partial charge in [-0.3, -0.25) is 19.7 Å². The molecule has 130 valence electrons. The first-order valence-corrected chi connectivity index (χ1v) is 9.18. The maximum Gasteiger partial charge on any atom is 0.237 e. The van der Waals surface area contributed by atoms with Gasteiger partial charge in [0.05, 0.1) is 11.8 Å². The smallest absolute Gasteiger partial charge is 0.237 e. The van der Waals surface area contributed by atoms with Crippen molar-refractivity contribution >= 4 is 34.7 Å². The van der Waals surface area contributed by atoms with Crippen LogP contribution in [0, 0.1) is 0 Å². The molecule has 3 rings (SSSR count). The van der Waals surface area contributed by atoms with Gasteiger partial charge in [-0.05, 0) is 42.0 Å². The summed E-state index contributed by atoms with van der Waals surface area (Å²) >= 11 is 1.55. The van der Waals surface area contributed by atoms with Crippen LogP contribution in [0.5, 0.6) is 0 Å². The van der Waals surface area contributed by atoms with Crippen LogP contribution in [-0.4, -0.2) is 17.7 Å². The number of piperidine rings is 1. The number of benzene rings is 1. The third-order valence-electron chi connectivity index (χ3n) is 4.71. The summed E-state index contributed by atoms with van der Waals surface area (Å²) in [6, 6.07) is 11.2. The van der Waals surface area contributed by atoms with Crippen molar-refractivity contribution in [1.82, 2.24) is 5.32 Å². The molecule has 2 aromatic rings. The number of nitrogens with one attached hydrogen (secondary N) is 2. The summed E-state index contributed by atoms with van der Waals surface area (Å²) in [4.78, 5) is 36.9. The monoisotopic (exact) mass is 356 g/mol. The Balaban J connectivity index is 1.72. The van der Waals surface area contributed by atoms with Gasteiger partial charge in [0, 0.05) is 17.0 Å². The van der Waals surface area contributed by atoms with Gasteiger partial charge in [-0.2, -0.15) is 0 Å². The second-order valence-corrected chi connectivity index (χ2v) is 7.23. The fourth-order valence-corrected chi connectivity index (χ4v) is 3.92. The van der Waals surface area contributed by atoms with Crippen molar-refractivity contribution in [1.29, 1.82) is 0 Å². The van der Waals surface area contributed by atoms with E-state index in [-0.39, 0.29) is 17.7 Å². The molecule has 1 fully saturated rings. The second-order valence-electron chi connectivity index (χ2n) is 6.19. The van der Waals surface area contributed by atoms with Crippen LogP contribution < -0.4 is 10.6 Å². The van der Waals surface area contributed by atoms with Gasteiger partial charge in [0.15, 0.2) is 0 Å². The molecule has 1 saturated heterocycles. The number of imide groups is 1. The zero-order valence-electron chi connectivity index (χ0n) is 14.0. The first kappa shape index (κ1) is 17.4. The molecule has 0 spiro atoms. The van der Waals surface area contributed by atoms with Crippen LogP contribution in [0.3, 0.4) is 0 Å². The van der Waals surface area contributed by atoms with Gasteiger partial charge in [-0.25, -0.2) is 0 Å². The van der Waals surface area contributed by atoms with E-state index in [1.807, 2.05) is 48.7 Å². The molecule has 1 unspecified atom stereocenters. The molecule has 25 heavy (non-hydrogen) atoms. The molecule has 6 heteroatoms. The number of carbonyl (C=O) groups is 3. The number of amides is 3. The first-order valence-electron chi connectivity index (χ1n) is 8.30. The first-order chi connectivity index (χ1) is 12.0. The summed E-state index contributed by atoms with van der Waals surface area (Å²) in [7, 11) is 0. The zero-order valence-corrected chi connectivity index (χ0v) is 14.8. The van der Waals surface area contributed by atoms with Gasteiger partial charge in [0.2, 0.25) is 17.7 Å². The molecule has 0 radical (unpaired) electrons. The van der Waals surface area contributed by atoms with Crippen molar-refractivity contribution in [3.05, 3.63) is 52.2 Å². The molecular weight excluding hydrogens is 336 g/mol. The van der Waals surface area contributed by atoms with Crippen molar-refractivity contribution < 1.29 is 14.4 Å². The molecule has 0 saturated carbocycles. The molecule has 1 aliphatic rings. The van der Waals surface area contributed by atoms with E-state index in [9.17, 15) is 14.4 Å². The number of hydrogen-bond acceptors (Lipinski definition) is 4. The Morgan fingerprint density at radius 2 is 2.00 bits per heavy atom. The Kier molecular flexibility index (Phi) is 4.99. The lowest BCUT2D eigenvalue weighted by atomic mass is 9.72. The standard InChI is InChI=1S/C19H20N2O3S/c1-2-19(10-9-16(22)21-18(19)24)13-5-7-14(8-6-13)20-17(23)12-15-4-3-11-25-15/h3-8,11H,2,9-10,12H2,1H3,(H,20,23)(H,21,22,24). The lowest BCUT2D eigenvalue weighted by molar-refractivity contribution is -0.138. The Hall–Kier alpha value is -2.47. The second kappa shape index (κ2) is 7.19. The van der Waals surface area contributed by atoms with Crippen LogP contribution in [0.15, 0.2) is 41.8 Å². The molecule has 0 aliphatic carbocycles. The number of rotatable bonds is 5. The minimum absolute atomic E-state index is 0.0681.